The van der Waals surface area contributed by atoms with Gasteiger partial charge in [-0.15, -0.1) is 6.42 Å². The minimum absolute atomic E-state index is 0.343. The molecule has 1 heterocycles. The van der Waals surface area contributed by atoms with Gasteiger partial charge in [-0.25, -0.2) is 0 Å². The van der Waals surface area contributed by atoms with E-state index in [1.54, 1.807) is 12.4 Å². The number of aromatic nitrogens is 1. The third kappa shape index (κ3) is 2.74. The molecule has 0 unspecified atom stereocenters. The second-order valence-corrected chi connectivity index (χ2v) is 4.10. The van der Waals surface area contributed by atoms with Gasteiger partial charge in [0.15, 0.2) is 0 Å². The SMILES string of the molecule is C#CC(C)(C)Nc1ccncc1Br. The summed E-state index contributed by atoms with van der Waals surface area (Å²) in [4.78, 5) is 3.96. The summed E-state index contributed by atoms with van der Waals surface area (Å²) in [6.07, 6.45) is 8.81. The van der Waals surface area contributed by atoms with Crippen LogP contribution in [0.4, 0.5) is 5.69 Å². The molecular formula is C10H11BrN2. The van der Waals surface area contributed by atoms with Gasteiger partial charge in [-0.3, -0.25) is 4.98 Å². The van der Waals surface area contributed by atoms with E-state index >= 15 is 0 Å². The molecule has 0 amide bonds. The van der Waals surface area contributed by atoms with Crippen LogP contribution in [0.15, 0.2) is 22.9 Å². The van der Waals surface area contributed by atoms with Gasteiger partial charge in [0.05, 0.1) is 15.7 Å². The lowest BCUT2D eigenvalue weighted by Crippen LogP contribution is -2.28. The van der Waals surface area contributed by atoms with Gasteiger partial charge in [0.25, 0.3) is 0 Å². The van der Waals surface area contributed by atoms with E-state index in [9.17, 15) is 0 Å². The zero-order valence-corrected chi connectivity index (χ0v) is 9.22. The maximum Gasteiger partial charge on any atom is 0.0927 e. The number of nitrogens with one attached hydrogen (secondary N) is 1. The van der Waals surface area contributed by atoms with Crippen LogP contribution < -0.4 is 5.32 Å². The van der Waals surface area contributed by atoms with E-state index in [4.69, 9.17) is 6.42 Å². The Morgan fingerprint density at radius 1 is 1.62 bits per heavy atom. The lowest BCUT2D eigenvalue weighted by atomic mass is 10.1. The number of halogens is 1. The average Bonchev–Trinajstić information content (AvgIpc) is 2.09. The highest BCUT2D eigenvalue weighted by molar-refractivity contribution is 9.10. The number of rotatable bonds is 2. The largest absolute Gasteiger partial charge is 0.369 e. The van der Waals surface area contributed by atoms with Crippen molar-refractivity contribution in [1.29, 1.82) is 0 Å². The van der Waals surface area contributed by atoms with Crippen LogP contribution in [-0.4, -0.2) is 10.5 Å². The minimum Gasteiger partial charge on any atom is -0.369 e. The molecule has 1 rings (SSSR count). The first-order valence-corrected chi connectivity index (χ1v) is 4.70. The van der Waals surface area contributed by atoms with Crippen LogP contribution in [0.25, 0.3) is 0 Å². The van der Waals surface area contributed by atoms with Crippen molar-refractivity contribution >= 4 is 21.6 Å². The monoisotopic (exact) mass is 238 g/mol. The van der Waals surface area contributed by atoms with Crippen LogP contribution in [-0.2, 0) is 0 Å². The number of terminal acetylenes is 1. The summed E-state index contributed by atoms with van der Waals surface area (Å²) < 4.78 is 0.915. The standard InChI is InChI=1S/C10H11BrN2/c1-4-10(2,3)13-9-5-6-12-7-8(9)11/h1,5-7H,2-3H3,(H,12,13). The van der Waals surface area contributed by atoms with Gasteiger partial charge >= 0.3 is 0 Å². The first-order chi connectivity index (χ1) is 6.05. The first kappa shape index (κ1) is 10.1. The molecule has 0 saturated carbocycles. The summed E-state index contributed by atoms with van der Waals surface area (Å²) in [7, 11) is 0. The van der Waals surface area contributed by atoms with E-state index in [-0.39, 0.29) is 5.54 Å². The number of anilines is 1. The van der Waals surface area contributed by atoms with Gasteiger partial charge in [0.1, 0.15) is 0 Å². The Hall–Kier alpha value is -1.01. The normalized spacial score (nSPS) is 10.6. The lowest BCUT2D eigenvalue weighted by Gasteiger charge is -2.21. The Bertz CT molecular complexity index is 339. The molecule has 0 radical (unpaired) electrons. The van der Waals surface area contributed by atoms with E-state index in [2.05, 4.69) is 32.2 Å². The summed E-state index contributed by atoms with van der Waals surface area (Å²) in [5.41, 5.74) is 0.613. The molecule has 0 aliphatic rings. The number of nitrogens with zero attached hydrogens (tertiary/aromatic N) is 1. The molecule has 1 N–H and O–H groups in total. The molecule has 0 aliphatic heterocycles. The topological polar surface area (TPSA) is 24.9 Å². The average molecular weight is 239 g/mol. The molecule has 3 heteroatoms. The maximum absolute atomic E-state index is 5.36. The fourth-order valence-corrected chi connectivity index (χ4v) is 1.20. The highest BCUT2D eigenvalue weighted by Crippen LogP contribution is 2.23. The molecule has 0 atom stereocenters. The summed E-state index contributed by atoms with van der Waals surface area (Å²) >= 11 is 3.38. The van der Waals surface area contributed by atoms with Crippen LogP contribution in [0, 0.1) is 12.3 Å². The highest BCUT2D eigenvalue weighted by atomic mass is 79.9. The number of hydrogen-bond acceptors (Lipinski definition) is 2. The molecule has 0 saturated heterocycles. The van der Waals surface area contributed by atoms with Crippen molar-refractivity contribution in [3.05, 3.63) is 22.9 Å². The molecule has 0 aliphatic carbocycles. The van der Waals surface area contributed by atoms with Crippen molar-refractivity contribution in [1.82, 2.24) is 4.98 Å². The van der Waals surface area contributed by atoms with Gasteiger partial charge in [0, 0.05) is 12.4 Å². The molecule has 68 valence electrons. The Balaban J connectivity index is 2.88. The second-order valence-electron chi connectivity index (χ2n) is 3.25. The third-order valence-electron chi connectivity index (χ3n) is 1.58. The van der Waals surface area contributed by atoms with E-state index in [1.165, 1.54) is 0 Å². The number of pyridine rings is 1. The van der Waals surface area contributed by atoms with Crippen molar-refractivity contribution in [2.75, 3.05) is 5.32 Å². The third-order valence-corrected chi connectivity index (χ3v) is 2.21. The molecule has 1 aromatic rings. The van der Waals surface area contributed by atoms with Crippen LogP contribution in [0.1, 0.15) is 13.8 Å². The predicted molar refractivity (Wildman–Crippen MR) is 58.5 cm³/mol. The fourth-order valence-electron chi connectivity index (χ4n) is 0.849. The molecule has 0 bridgehead atoms. The van der Waals surface area contributed by atoms with E-state index in [0.717, 1.165) is 10.2 Å². The molecule has 0 spiro atoms. The zero-order chi connectivity index (χ0) is 9.90. The molecular weight excluding hydrogens is 228 g/mol. The Morgan fingerprint density at radius 3 is 2.85 bits per heavy atom. The van der Waals surface area contributed by atoms with Crippen molar-refractivity contribution in [3.63, 3.8) is 0 Å². The Morgan fingerprint density at radius 2 is 2.31 bits per heavy atom. The summed E-state index contributed by atoms with van der Waals surface area (Å²) in [6.45, 7) is 3.89. The van der Waals surface area contributed by atoms with Crippen molar-refractivity contribution in [3.8, 4) is 12.3 Å². The smallest absolute Gasteiger partial charge is 0.0927 e. The molecule has 0 fully saturated rings. The van der Waals surface area contributed by atoms with Crippen LogP contribution in [0.5, 0.6) is 0 Å². The molecule has 0 aromatic carbocycles. The number of hydrogen-bond donors (Lipinski definition) is 1. The minimum atomic E-state index is -0.343. The van der Waals surface area contributed by atoms with E-state index in [0.29, 0.717) is 0 Å². The molecule has 1 aromatic heterocycles. The quantitative estimate of drug-likeness (QED) is 0.802. The summed E-state index contributed by atoms with van der Waals surface area (Å²) in [5.74, 6) is 2.66. The predicted octanol–water partition coefficient (Wildman–Crippen LogP) is 2.67. The van der Waals surface area contributed by atoms with E-state index in [1.807, 2.05) is 19.9 Å². The van der Waals surface area contributed by atoms with Gasteiger partial charge in [-0.1, -0.05) is 5.92 Å². The van der Waals surface area contributed by atoms with Crippen LogP contribution in [0.3, 0.4) is 0 Å². The zero-order valence-electron chi connectivity index (χ0n) is 7.63. The van der Waals surface area contributed by atoms with Crippen molar-refractivity contribution < 1.29 is 0 Å². The lowest BCUT2D eigenvalue weighted by molar-refractivity contribution is 0.740. The first-order valence-electron chi connectivity index (χ1n) is 3.90. The second kappa shape index (κ2) is 3.80. The fraction of sp³-hybridized carbons (Fsp3) is 0.300. The maximum atomic E-state index is 5.36. The summed E-state index contributed by atoms with van der Waals surface area (Å²) in [5, 5.41) is 3.21. The van der Waals surface area contributed by atoms with Crippen LogP contribution in [0.2, 0.25) is 0 Å². The van der Waals surface area contributed by atoms with Gasteiger partial charge < -0.3 is 5.32 Å². The van der Waals surface area contributed by atoms with Gasteiger partial charge in [-0.2, -0.15) is 0 Å². The Labute approximate surface area is 86.9 Å². The van der Waals surface area contributed by atoms with Crippen LogP contribution >= 0.6 is 15.9 Å². The van der Waals surface area contributed by atoms with Gasteiger partial charge in [-0.05, 0) is 35.8 Å². The summed E-state index contributed by atoms with van der Waals surface area (Å²) in [6, 6.07) is 1.88. The Kier molecular flexibility index (Phi) is 2.94. The highest BCUT2D eigenvalue weighted by Gasteiger charge is 2.13. The van der Waals surface area contributed by atoms with Crippen molar-refractivity contribution in [2.45, 2.75) is 19.4 Å². The van der Waals surface area contributed by atoms with Gasteiger partial charge in [0.2, 0.25) is 0 Å². The van der Waals surface area contributed by atoms with E-state index < -0.39 is 0 Å². The van der Waals surface area contributed by atoms with Crippen molar-refractivity contribution in [2.24, 2.45) is 0 Å². The molecule has 13 heavy (non-hydrogen) atoms. The molecule has 2 nitrogen and oxygen atoms in total.